The van der Waals surface area contributed by atoms with Crippen molar-refractivity contribution >= 4 is 13.3 Å². The summed E-state index contributed by atoms with van der Waals surface area (Å²) in [4.78, 5) is 11.3. The summed E-state index contributed by atoms with van der Waals surface area (Å²) < 4.78 is 21.4. The summed E-state index contributed by atoms with van der Waals surface area (Å²) in [6.45, 7) is 11.0. The van der Waals surface area contributed by atoms with E-state index in [4.69, 9.17) is 4.52 Å². The van der Waals surface area contributed by atoms with Crippen LogP contribution in [0.3, 0.4) is 0 Å². The summed E-state index contributed by atoms with van der Waals surface area (Å²) in [6, 6.07) is 0. The first-order chi connectivity index (χ1) is 10.0. The average Bonchev–Trinajstić information content (AvgIpc) is 2.71. The molecule has 0 radical (unpaired) electrons. The molecule has 1 aliphatic heterocycles. The third-order valence-electron chi connectivity index (χ3n) is 4.53. The van der Waals surface area contributed by atoms with Crippen molar-refractivity contribution < 1.29 is 13.9 Å². The zero-order chi connectivity index (χ0) is 16.6. The molecule has 0 aromatic rings. The first-order valence-corrected chi connectivity index (χ1v) is 9.95. The lowest BCUT2D eigenvalue weighted by Gasteiger charge is -2.47. The second-order valence-electron chi connectivity index (χ2n) is 8.23. The Balaban J connectivity index is 2.11. The molecule has 2 fully saturated rings. The van der Waals surface area contributed by atoms with Gasteiger partial charge in [-0.15, -0.1) is 0 Å². The number of rotatable bonds is 3. The van der Waals surface area contributed by atoms with Crippen LogP contribution in [0.4, 0.5) is 0 Å². The Labute approximate surface area is 134 Å². The van der Waals surface area contributed by atoms with Crippen molar-refractivity contribution in [1.82, 2.24) is 4.67 Å². The van der Waals surface area contributed by atoms with Crippen LogP contribution in [0.15, 0.2) is 11.9 Å². The number of carbonyl (C=O) groups excluding carboxylic acids is 1. The van der Waals surface area contributed by atoms with Crippen LogP contribution in [0.1, 0.15) is 66.7 Å². The van der Waals surface area contributed by atoms with Gasteiger partial charge < -0.3 is 4.52 Å². The summed E-state index contributed by atoms with van der Waals surface area (Å²) >= 11 is 0. The van der Waals surface area contributed by atoms with E-state index < -0.39 is 7.52 Å². The molecule has 0 spiro atoms. The first-order valence-electron chi connectivity index (χ1n) is 8.30. The van der Waals surface area contributed by atoms with E-state index in [2.05, 4.69) is 20.8 Å². The molecular formula is C17H30NO3P. The highest BCUT2D eigenvalue weighted by atomic mass is 31.2. The van der Waals surface area contributed by atoms with Gasteiger partial charge in [0, 0.05) is 30.7 Å². The van der Waals surface area contributed by atoms with Gasteiger partial charge in [0.05, 0.1) is 5.60 Å². The number of Topliss-reactive ketones (excluding diaryl/α,β-unsaturated/α-hetero) is 1. The van der Waals surface area contributed by atoms with E-state index in [1.165, 1.54) is 0 Å². The lowest BCUT2D eigenvalue weighted by atomic mass is 10.0. The zero-order valence-corrected chi connectivity index (χ0v) is 15.5. The molecule has 1 heterocycles. The maximum Gasteiger partial charge on any atom is 0.295 e. The molecule has 4 nitrogen and oxygen atoms in total. The van der Waals surface area contributed by atoms with Gasteiger partial charge in [0.15, 0.2) is 0 Å². The van der Waals surface area contributed by atoms with Crippen LogP contribution >= 0.6 is 7.52 Å². The highest BCUT2D eigenvalue weighted by molar-refractivity contribution is 7.59. The van der Waals surface area contributed by atoms with Gasteiger partial charge in [-0.1, -0.05) is 6.08 Å². The monoisotopic (exact) mass is 327 g/mol. The molecule has 0 N–H and O–H groups in total. The zero-order valence-electron chi connectivity index (χ0n) is 14.6. The number of hydrogen-bond acceptors (Lipinski definition) is 3. The maximum atomic E-state index is 13.4. The number of carbonyl (C=O) groups is 1. The third kappa shape index (κ3) is 4.31. The number of nitrogens with zero attached hydrogens (tertiary/aromatic N) is 1. The lowest BCUT2D eigenvalue weighted by Crippen LogP contribution is -2.46. The second kappa shape index (κ2) is 6.22. The fourth-order valence-electron chi connectivity index (χ4n) is 3.31. The van der Waals surface area contributed by atoms with E-state index in [0.29, 0.717) is 24.5 Å². The summed E-state index contributed by atoms with van der Waals surface area (Å²) in [6.07, 6.45) is 6.00. The van der Waals surface area contributed by atoms with E-state index in [1.54, 1.807) is 5.82 Å². The van der Waals surface area contributed by atoms with Crippen LogP contribution in [0.2, 0.25) is 0 Å². The Kier molecular flexibility index (Phi) is 5.06. The largest absolute Gasteiger partial charge is 0.308 e. The lowest BCUT2D eigenvalue weighted by molar-refractivity contribution is -0.117. The summed E-state index contributed by atoms with van der Waals surface area (Å²) in [5.41, 5.74) is -0.551. The minimum Gasteiger partial charge on any atom is -0.308 e. The molecular weight excluding hydrogens is 297 g/mol. The first kappa shape index (κ1) is 17.9. The van der Waals surface area contributed by atoms with Crippen LogP contribution in [0.25, 0.3) is 0 Å². The molecule has 0 aromatic carbocycles. The van der Waals surface area contributed by atoms with Crippen LogP contribution in [-0.4, -0.2) is 28.1 Å². The van der Waals surface area contributed by atoms with Crippen molar-refractivity contribution in [3.8, 4) is 0 Å². The predicted molar refractivity (Wildman–Crippen MR) is 90.0 cm³/mol. The number of ketones is 1. The van der Waals surface area contributed by atoms with Crippen molar-refractivity contribution in [3.63, 3.8) is 0 Å². The van der Waals surface area contributed by atoms with E-state index in [1.807, 2.05) is 24.6 Å². The molecule has 22 heavy (non-hydrogen) atoms. The Hall–Kier alpha value is -0.440. The Morgan fingerprint density at radius 2 is 2.09 bits per heavy atom. The SMILES string of the molecule is CC1(C)CCN(C(C)(C)C)P(=O)(/C=C/CC2CCC(=O)C2)O1. The topological polar surface area (TPSA) is 46.6 Å². The van der Waals surface area contributed by atoms with Crippen molar-refractivity contribution in [2.24, 2.45) is 5.92 Å². The average molecular weight is 327 g/mol. The van der Waals surface area contributed by atoms with Crippen molar-refractivity contribution in [2.75, 3.05) is 6.54 Å². The van der Waals surface area contributed by atoms with Gasteiger partial charge in [-0.2, -0.15) is 0 Å². The number of allylic oxidation sites excluding steroid dienone is 1. The van der Waals surface area contributed by atoms with Crippen molar-refractivity contribution in [2.45, 2.75) is 77.9 Å². The van der Waals surface area contributed by atoms with E-state index in [0.717, 1.165) is 25.8 Å². The van der Waals surface area contributed by atoms with Crippen LogP contribution in [0, 0.1) is 5.92 Å². The molecule has 1 saturated heterocycles. The Morgan fingerprint density at radius 1 is 1.41 bits per heavy atom. The molecule has 2 unspecified atom stereocenters. The molecule has 0 bridgehead atoms. The Bertz CT molecular complexity index is 505. The van der Waals surface area contributed by atoms with Crippen molar-refractivity contribution in [1.29, 1.82) is 0 Å². The van der Waals surface area contributed by atoms with Gasteiger partial charge in [0.25, 0.3) is 7.52 Å². The summed E-state index contributed by atoms with van der Waals surface area (Å²) in [7, 11) is -2.97. The van der Waals surface area contributed by atoms with Crippen LogP contribution < -0.4 is 0 Å². The minimum absolute atomic E-state index is 0.195. The molecule has 2 aliphatic rings. The van der Waals surface area contributed by atoms with Gasteiger partial charge in [-0.25, -0.2) is 4.67 Å². The highest BCUT2D eigenvalue weighted by Crippen LogP contribution is 2.61. The second-order valence-corrected chi connectivity index (χ2v) is 10.3. The standard InChI is InChI=1S/C17H30NO3P/c1-16(2,3)18-11-10-17(4,5)21-22(18,20)12-6-7-14-8-9-15(19)13-14/h6,12,14H,7-11,13H2,1-5H3/b12-6+. The molecule has 2 rings (SSSR count). The maximum absolute atomic E-state index is 13.4. The molecule has 5 heteroatoms. The van der Waals surface area contributed by atoms with Gasteiger partial charge in [-0.3, -0.25) is 9.36 Å². The van der Waals surface area contributed by atoms with Gasteiger partial charge >= 0.3 is 0 Å². The summed E-state index contributed by atoms with van der Waals surface area (Å²) in [5.74, 6) is 2.55. The summed E-state index contributed by atoms with van der Waals surface area (Å²) in [5, 5.41) is 0. The quantitative estimate of drug-likeness (QED) is 0.702. The van der Waals surface area contributed by atoms with Gasteiger partial charge in [-0.05, 0) is 59.8 Å². The van der Waals surface area contributed by atoms with E-state index >= 15 is 0 Å². The van der Waals surface area contributed by atoms with Gasteiger partial charge in [0.1, 0.15) is 5.78 Å². The third-order valence-corrected chi connectivity index (χ3v) is 7.34. The molecule has 1 aliphatic carbocycles. The van der Waals surface area contributed by atoms with E-state index in [9.17, 15) is 9.36 Å². The predicted octanol–water partition coefficient (Wildman–Crippen LogP) is 4.75. The molecule has 0 amide bonds. The van der Waals surface area contributed by atoms with Crippen LogP contribution in [0.5, 0.6) is 0 Å². The van der Waals surface area contributed by atoms with Crippen LogP contribution in [-0.2, 0) is 13.9 Å². The van der Waals surface area contributed by atoms with Gasteiger partial charge in [0.2, 0.25) is 0 Å². The molecule has 0 aromatic heterocycles. The molecule has 126 valence electrons. The number of hydrogen-bond donors (Lipinski definition) is 0. The van der Waals surface area contributed by atoms with Crippen molar-refractivity contribution in [3.05, 3.63) is 11.9 Å². The molecule has 2 atom stereocenters. The highest BCUT2D eigenvalue weighted by Gasteiger charge is 2.45. The fourth-order valence-corrected chi connectivity index (χ4v) is 6.03. The Morgan fingerprint density at radius 3 is 2.64 bits per heavy atom. The fraction of sp³-hybridized carbons (Fsp3) is 0.824. The normalized spacial score (nSPS) is 33.7. The molecule has 1 saturated carbocycles. The minimum atomic E-state index is -2.97. The van der Waals surface area contributed by atoms with E-state index in [-0.39, 0.29) is 11.1 Å². The smallest absolute Gasteiger partial charge is 0.295 e.